The Bertz CT molecular complexity index is 607. The average Bonchev–Trinajstić information content (AvgIpc) is 3.18. The molecule has 1 saturated heterocycles. The number of carbonyl (C=O) groups excluding carboxylic acids is 1. The molecule has 0 radical (unpaired) electrons. The summed E-state index contributed by atoms with van der Waals surface area (Å²) in [4.78, 5) is 15.4. The molecule has 23 heavy (non-hydrogen) atoms. The molecular formula is C18H25ClN2O2. The number of carbonyl (C=O) groups is 1. The third kappa shape index (κ3) is 2.52. The number of halogens is 1. The van der Waals surface area contributed by atoms with E-state index in [4.69, 9.17) is 4.74 Å². The largest absolute Gasteiger partial charge is 0.497 e. The van der Waals surface area contributed by atoms with Crippen molar-refractivity contribution in [2.75, 3.05) is 31.6 Å². The van der Waals surface area contributed by atoms with Crippen LogP contribution in [0.2, 0.25) is 0 Å². The lowest BCUT2D eigenvalue weighted by Gasteiger charge is -2.40. The Morgan fingerprint density at radius 2 is 2.26 bits per heavy atom. The van der Waals surface area contributed by atoms with Crippen molar-refractivity contribution in [2.24, 2.45) is 11.3 Å². The van der Waals surface area contributed by atoms with E-state index in [1.165, 1.54) is 24.8 Å². The van der Waals surface area contributed by atoms with Crippen molar-refractivity contribution >= 4 is 24.0 Å². The minimum absolute atomic E-state index is 0. The molecule has 1 amide bonds. The van der Waals surface area contributed by atoms with Gasteiger partial charge < -0.3 is 15.0 Å². The second-order valence-corrected chi connectivity index (χ2v) is 6.93. The topological polar surface area (TPSA) is 41.6 Å². The molecule has 1 aromatic rings. The number of hydrogen-bond donors (Lipinski definition) is 1. The van der Waals surface area contributed by atoms with Crippen LogP contribution in [0.3, 0.4) is 0 Å². The van der Waals surface area contributed by atoms with Gasteiger partial charge in [0.1, 0.15) is 5.75 Å². The highest BCUT2D eigenvalue weighted by atomic mass is 35.5. The number of anilines is 1. The molecule has 2 heterocycles. The van der Waals surface area contributed by atoms with Crippen molar-refractivity contribution in [1.29, 1.82) is 0 Å². The van der Waals surface area contributed by atoms with E-state index in [1.807, 2.05) is 11.0 Å². The second-order valence-electron chi connectivity index (χ2n) is 6.93. The summed E-state index contributed by atoms with van der Waals surface area (Å²) in [6.45, 7) is 2.68. The molecule has 2 aliphatic heterocycles. The summed E-state index contributed by atoms with van der Waals surface area (Å²) in [5.41, 5.74) is 2.18. The summed E-state index contributed by atoms with van der Waals surface area (Å²) in [6.07, 6.45) is 5.64. The van der Waals surface area contributed by atoms with E-state index < -0.39 is 0 Å². The van der Waals surface area contributed by atoms with Gasteiger partial charge in [-0.15, -0.1) is 12.4 Å². The standard InChI is InChI=1S/C18H24N2O2.ClH/c1-22-15-5-6-16-13(10-15)7-9-20(16)17(21)18-8-3-2-4-14(18)11-19-12-18;/h5-6,10,14,19H,2-4,7-9,11-12H2,1H3;1H/t14-,18+;/m0./s1. The van der Waals surface area contributed by atoms with Crippen LogP contribution in [-0.2, 0) is 11.2 Å². The average molecular weight is 337 g/mol. The van der Waals surface area contributed by atoms with Crippen molar-refractivity contribution in [3.63, 3.8) is 0 Å². The molecule has 1 aromatic carbocycles. The molecule has 2 fully saturated rings. The maximum absolute atomic E-state index is 13.4. The van der Waals surface area contributed by atoms with Gasteiger partial charge in [0.2, 0.25) is 5.91 Å². The van der Waals surface area contributed by atoms with Gasteiger partial charge in [-0.2, -0.15) is 0 Å². The van der Waals surface area contributed by atoms with Crippen LogP contribution in [0, 0.1) is 11.3 Å². The first kappa shape index (κ1) is 16.6. The Kier molecular flexibility index (Phi) is 4.56. The molecule has 4 nitrogen and oxygen atoms in total. The molecule has 0 spiro atoms. The number of nitrogens with one attached hydrogen (secondary N) is 1. The lowest BCUT2D eigenvalue weighted by atomic mass is 9.67. The van der Waals surface area contributed by atoms with E-state index in [9.17, 15) is 4.79 Å². The van der Waals surface area contributed by atoms with Gasteiger partial charge in [-0.05, 0) is 55.5 Å². The van der Waals surface area contributed by atoms with Crippen molar-refractivity contribution < 1.29 is 9.53 Å². The number of amides is 1. The maximum Gasteiger partial charge on any atom is 0.234 e. The Balaban J connectivity index is 0.00000156. The zero-order valence-electron chi connectivity index (χ0n) is 13.6. The number of rotatable bonds is 2. The summed E-state index contributed by atoms with van der Waals surface area (Å²) < 4.78 is 5.31. The summed E-state index contributed by atoms with van der Waals surface area (Å²) in [5.74, 6) is 1.76. The Labute approximate surface area is 144 Å². The smallest absolute Gasteiger partial charge is 0.234 e. The molecule has 126 valence electrons. The number of hydrogen-bond acceptors (Lipinski definition) is 3. The first-order valence-corrected chi connectivity index (χ1v) is 8.44. The number of benzene rings is 1. The molecule has 0 aromatic heterocycles. The third-order valence-corrected chi connectivity index (χ3v) is 5.89. The lowest BCUT2D eigenvalue weighted by molar-refractivity contribution is -0.131. The van der Waals surface area contributed by atoms with Crippen molar-refractivity contribution in [2.45, 2.75) is 32.1 Å². The van der Waals surface area contributed by atoms with Crippen LogP contribution in [0.25, 0.3) is 0 Å². The zero-order chi connectivity index (χ0) is 15.2. The fraction of sp³-hybridized carbons (Fsp3) is 0.611. The van der Waals surface area contributed by atoms with Gasteiger partial charge in [-0.25, -0.2) is 0 Å². The first-order valence-electron chi connectivity index (χ1n) is 8.44. The van der Waals surface area contributed by atoms with E-state index in [0.717, 1.165) is 43.9 Å². The Hall–Kier alpha value is -1.26. The SMILES string of the molecule is COc1ccc2c(c1)CCN2C(=O)[C@@]12CCCC[C@H]1CNC2.Cl. The van der Waals surface area contributed by atoms with Gasteiger partial charge in [0.15, 0.2) is 0 Å². The predicted octanol–water partition coefficient (Wildman–Crippen LogP) is 2.79. The number of fused-ring (bicyclic) bond motifs is 2. The van der Waals surface area contributed by atoms with Gasteiger partial charge in [0.05, 0.1) is 12.5 Å². The molecular weight excluding hydrogens is 312 g/mol. The highest BCUT2D eigenvalue weighted by Crippen LogP contribution is 2.46. The van der Waals surface area contributed by atoms with Crippen LogP contribution < -0.4 is 15.0 Å². The van der Waals surface area contributed by atoms with E-state index in [2.05, 4.69) is 17.4 Å². The van der Waals surface area contributed by atoms with E-state index in [1.54, 1.807) is 7.11 Å². The van der Waals surface area contributed by atoms with E-state index >= 15 is 0 Å². The number of ether oxygens (including phenoxy) is 1. The number of methoxy groups -OCH3 is 1. The van der Waals surface area contributed by atoms with Crippen LogP contribution in [0.1, 0.15) is 31.2 Å². The van der Waals surface area contributed by atoms with Gasteiger partial charge in [0.25, 0.3) is 0 Å². The van der Waals surface area contributed by atoms with Crippen LogP contribution in [0.4, 0.5) is 5.69 Å². The maximum atomic E-state index is 13.4. The normalized spacial score (nSPS) is 28.7. The fourth-order valence-electron chi connectivity index (χ4n) is 4.65. The van der Waals surface area contributed by atoms with Crippen molar-refractivity contribution in [3.8, 4) is 5.75 Å². The highest BCUT2D eigenvalue weighted by Gasteiger charge is 2.52. The predicted molar refractivity (Wildman–Crippen MR) is 93.6 cm³/mol. The summed E-state index contributed by atoms with van der Waals surface area (Å²) in [6, 6.07) is 6.09. The minimum atomic E-state index is -0.153. The van der Waals surface area contributed by atoms with Crippen molar-refractivity contribution in [1.82, 2.24) is 5.32 Å². The van der Waals surface area contributed by atoms with Crippen LogP contribution in [-0.4, -0.2) is 32.7 Å². The Morgan fingerprint density at radius 1 is 1.39 bits per heavy atom. The van der Waals surface area contributed by atoms with E-state index in [0.29, 0.717) is 11.8 Å². The lowest BCUT2D eigenvalue weighted by Crippen LogP contribution is -2.49. The second kappa shape index (κ2) is 6.33. The van der Waals surface area contributed by atoms with Gasteiger partial charge in [-0.3, -0.25) is 4.79 Å². The molecule has 1 saturated carbocycles. The quantitative estimate of drug-likeness (QED) is 0.903. The van der Waals surface area contributed by atoms with Crippen LogP contribution in [0.15, 0.2) is 18.2 Å². The molecule has 1 N–H and O–H groups in total. The summed E-state index contributed by atoms with van der Waals surface area (Å²) >= 11 is 0. The monoisotopic (exact) mass is 336 g/mol. The molecule has 4 rings (SSSR count). The van der Waals surface area contributed by atoms with Crippen molar-refractivity contribution in [3.05, 3.63) is 23.8 Å². The molecule has 1 aliphatic carbocycles. The van der Waals surface area contributed by atoms with Gasteiger partial charge in [-0.1, -0.05) is 12.8 Å². The van der Waals surface area contributed by atoms with Gasteiger partial charge >= 0.3 is 0 Å². The highest BCUT2D eigenvalue weighted by molar-refractivity contribution is 6.00. The molecule has 2 atom stereocenters. The van der Waals surface area contributed by atoms with Crippen LogP contribution >= 0.6 is 12.4 Å². The molecule has 0 bridgehead atoms. The third-order valence-electron chi connectivity index (χ3n) is 5.89. The number of nitrogens with zero attached hydrogens (tertiary/aromatic N) is 1. The zero-order valence-corrected chi connectivity index (χ0v) is 14.5. The van der Waals surface area contributed by atoms with E-state index in [-0.39, 0.29) is 17.8 Å². The Morgan fingerprint density at radius 3 is 3.09 bits per heavy atom. The molecule has 3 aliphatic rings. The molecule has 5 heteroatoms. The molecule has 0 unspecified atom stereocenters. The summed E-state index contributed by atoms with van der Waals surface area (Å²) in [5, 5.41) is 3.48. The minimum Gasteiger partial charge on any atom is -0.497 e. The van der Waals surface area contributed by atoms with Gasteiger partial charge in [0, 0.05) is 18.8 Å². The van der Waals surface area contributed by atoms with Crippen LogP contribution in [0.5, 0.6) is 5.75 Å². The first-order chi connectivity index (χ1) is 10.7. The fourth-order valence-corrected chi connectivity index (χ4v) is 4.65. The summed E-state index contributed by atoms with van der Waals surface area (Å²) in [7, 11) is 1.69.